The second kappa shape index (κ2) is 14.0. The molecule has 2 aromatic rings. The second-order valence-electron chi connectivity index (χ2n) is 11.3. The topological polar surface area (TPSA) is 160 Å². The van der Waals surface area contributed by atoms with Crippen LogP contribution in [0.3, 0.4) is 0 Å². The zero-order valence-corrected chi connectivity index (χ0v) is 24.7. The maximum absolute atomic E-state index is 13.4. The molecule has 2 N–H and O–H groups in total. The number of nitrogens with one attached hydrogen (secondary N) is 1. The van der Waals surface area contributed by atoms with Crippen LogP contribution in [0, 0.1) is 5.41 Å². The summed E-state index contributed by atoms with van der Waals surface area (Å²) in [6.45, 7) is 9.47. The number of ether oxygens (including phenoxy) is 2. The SMILES string of the molecule is CC(C)OC(=O)N1CCN(C(=O)[C@H](CCC(=O)O)NC(=O)c2cc(OCC(=O)C(C)(C)C)n(-c3ccccc3)n2)CC1. The predicted octanol–water partition coefficient (Wildman–Crippen LogP) is 2.52. The molecule has 42 heavy (non-hydrogen) atoms. The monoisotopic (exact) mass is 585 g/mol. The number of carboxylic acid groups (broad SMARTS) is 1. The average Bonchev–Trinajstić information content (AvgIpc) is 3.37. The Kier molecular flexibility index (Phi) is 10.7. The Morgan fingerprint density at radius 1 is 1.00 bits per heavy atom. The molecule has 1 atom stereocenters. The third-order valence-corrected chi connectivity index (χ3v) is 6.53. The number of hydrogen-bond donors (Lipinski definition) is 2. The van der Waals surface area contributed by atoms with Gasteiger partial charge in [0, 0.05) is 44.1 Å². The summed E-state index contributed by atoms with van der Waals surface area (Å²) in [6, 6.07) is 9.11. The molecule has 228 valence electrons. The van der Waals surface area contributed by atoms with Gasteiger partial charge in [-0.3, -0.25) is 19.2 Å². The van der Waals surface area contributed by atoms with E-state index in [0.717, 1.165) is 0 Å². The van der Waals surface area contributed by atoms with Crippen molar-refractivity contribution < 1.29 is 38.6 Å². The normalized spacial score (nSPS) is 14.3. The number of carbonyl (C=O) groups excluding carboxylic acids is 4. The minimum absolute atomic E-state index is 0.0774. The zero-order chi connectivity index (χ0) is 31.0. The van der Waals surface area contributed by atoms with E-state index >= 15 is 0 Å². The number of amides is 3. The first-order valence-corrected chi connectivity index (χ1v) is 13.8. The third-order valence-electron chi connectivity index (χ3n) is 6.53. The predicted molar refractivity (Wildman–Crippen MR) is 151 cm³/mol. The van der Waals surface area contributed by atoms with Crippen molar-refractivity contribution in [1.29, 1.82) is 0 Å². The lowest BCUT2D eigenvalue weighted by Gasteiger charge is -2.36. The number of ketones is 1. The fraction of sp³-hybridized carbons (Fsp3) is 0.517. The van der Waals surface area contributed by atoms with E-state index in [1.54, 1.807) is 58.9 Å². The number of nitrogens with zero attached hydrogens (tertiary/aromatic N) is 4. The Morgan fingerprint density at radius 3 is 2.19 bits per heavy atom. The Hall–Kier alpha value is -4.42. The van der Waals surface area contributed by atoms with Crippen molar-refractivity contribution in [3.05, 3.63) is 42.1 Å². The van der Waals surface area contributed by atoms with Crippen LogP contribution < -0.4 is 10.1 Å². The highest BCUT2D eigenvalue weighted by molar-refractivity contribution is 5.96. The molecule has 13 nitrogen and oxygen atoms in total. The third kappa shape index (κ3) is 8.79. The van der Waals surface area contributed by atoms with Crippen LogP contribution in [0.1, 0.15) is 57.9 Å². The summed E-state index contributed by atoms with van der Waals surface area (Å²) >= 11 is 0. The summed E-state index contributed by atoms with van der Waals surface area (Å²) in [5.74, 6) is -2.28. The molecule has 2 heterocycles. The molecular weight excluding hydrogens is 546 g/mol. The van der Waals surface area contributed by atoms with Crippen LogP contribution >= 0.6 is 0 Å². The molecule has 1 saturated heterocycles. The van der Waals surface area contributed by atoms with E-state index in [1.165, 1.54) is 20.5 Å². The molecule has 1 aliphatic rings. The van der Waals surface area contributed by atoms with Crippen molar-refractivity contribution in [3.8, 4) is 11.6 Å². The van der Waals surface area contributed by atoms with Gasteiger partial charge in [0.15, 0.2) is 11.5 Å². The van der Waals surface area contributed by atoms with E-state index in [2.05, 4.69) is 10.4 Å². The maximum atomic E-state index is 13.4. The first kappa shape index (κ1) is 32.1. The van der Waals surface area contributed by atoms with Crippen LogP contribution in [0.4, 0.5) is 4.79 Å². The molecule has 3 rings (SSSR count). The van der Waals surface area contributed by atoms with Crippen molar-refractivity contribution in [2.45, 2.75) is 59.6 Å². The van der Waals surface area contributed by atoms with Gasteiger partial charge in [-0.05, 0) is 32.4 Å². The van der Waals surface area contributed by atoms with Gasteiger partial charge in [-0.2, -0.15) is 5.10 Å². The maximum Gasteiger partial charge on any atom is 0.410 e. The lowest BCUT2D eigenvalue weighted by molar-refractivity contribution is -0.138. The summed E-state index contributed by atoms with van der Waals surface area (Å²) < 4.78 is 12.4. The highest BCUT2D eigenvalue weighted by Gasteiger charge is 2.32. The number of Topliss-reactive ketones (excluding diaryl/α,β-unsaturated/α-hetero) is 1. The number of aliphatic carboxylic acids is 1. The molecule has 3 amide bonds. The number of carboxylic acids is 1. The Balaban J connectivity index is 1.77. The molecule has 1 aromatic carbocycles. The summed E-state index contributed by atoms with van der Waals surface area (Å²) in [7, 11) is 0. The number of para-hydroxylation sites is 1. The van der Waals surface area contributed by atoms with Gasteiger partial charge in [-0.25, -0.2) is 9.48 Å². The number of piperazine rings is 1. The fourth-order valence-corrected chi connectivity index (χ4v) is 4.05. The van der Waals surface area contributed by atoms with Crippen LogP contribution in [0.25, 0.3) is 5.69 Å². The van der Waals surface area contributed by atoms with Gasteiger partial charge in [0.1, 0.15) is 12.6 Å². The largest absolute Gasteiger partial charge is 0.481 e. The van der Waals surface area contributed by atoms with E-state index in [4.69, 9.17) is 9.47 Å². The lowest BCUT2D eigenvalue weighted by atomic mass is 9.91. The van der Waals surface area contributed by atoms with Crippen LogP contribution in [0.15, 0.2) is 36.4 Å². The van der Waals surface area contributed by atoms with Crippen molar-refractivity contribution in [2.75, 3.05) is 32.8 Å². The number of hydrogen-bond acceptors (Lipinski definition) is 8. The molecule has 0 saturated carbocycles. The summed E-state index contributed by atoms with van der Waals surface area (Å²) in [4.78, 5) is 65.7. The number of aromatic nitrogens is 2. The molecule has 0 radical (unpaired) electrons. The molecule has 0 bridgehead atoms. The van der Waals surface area contributed by atoms with E-state index < -0.39 is 35.3 Å². The molecule has 0 spiro atoms. The summed E-state index contributed by atoms with van der Waals surface area (Å²) in [5, 5.41) is 16.2. The second-order valence-corrected chi connectivity index (χ2v) is 11.3. The molecule has 0 unspecified atom stereocenters. The molecular formula is C29H39N5O8. The van der Waals surface area contributed by atoms with Gasteiger partial charge in [-0.15, -0.1) is 0 Å². The zero-order valence-electron chi connectivity index (χ0n) is 24.7. The van der Waals surface area contributed by atoms with Crippen molar-refractivity contribution in [2.24, 2.45) is 5.41 Å². The van der Waals surface area contributed by atoms with E-state index in [9.17, 15) is 29.1 Å². The van der Waals surface area contributed by atoms with Crippen molar-refractivity contribution >= 4 is 29.7 Å². The number of carbonyl (C=O) groups is 5. The van der Waals surface area contributed by atoms with Gasteiger partial charge in [0.25, 0.3) is 5.91 Å². The average molecular weight is 586 g/mol. The highest BCUT2D eigenvalue weighted by atomic mass is 16.6. The van der Waals surface area contributed by atoms with E-state index in [-0.39, 0.29) is 69.1 Å². The number of benzene rings is 1. The first-order valence-electron chi connectivity index (χ1n) is 13.8. The Morgan fingerprint density at radius 2 is 1.62 bits per heavy atom. The van der Waals surface area contributed by atoms with Crippen LogP contribution in [-0.2, 0) is 19.1 Å². The van der Waals surface area contributed by atoms with Crippen LogP contribution in [0.2, 0.25) is 0 Å². The quantitative estimate of drug-likeness (QED) is 0.404. The van der Waals surface area contributed by atoms with Gasteiger partial charge < -0.3 is 29.7 Å². The molecule has 1 aromatic heterocycles. The summed E-state index contributed by atoms with van der Waals surface area (Å²) in [5.41, 5.74) is -0.121. The van der Waals surface area contributed by atoms with Crippen LogP contribution in [-0.4, -0.2) is 99.3 Å². The smallest absolute Gasteiger partial charge is 0.410 e. The first-order chi connectivity index (χ1) is 19.8. The highest BCUT2D eigenvalue weighted by Crippen LogP contribution is 2.22. The molecule has 1 aliphatic heterocycles. The Labute approximate surface area is 244 Å². The van der Waals surface area contributed by atoms with Crippen LogP contribution in [0.5, 0.6) is 5.88 Å². The molecule has 0 aliphatic carbocycles. The summed E-state index contributed by atoms with van der Waals surface area (Å²) in [6.07, 6.45) is -1.23. The van der Waals surface area contributed by atoms with Crippen molar-refractivity contribution in [1.82, 2.24) is 24.9 Å². The van der Waals surface area contributed by atoms with Crippen molar-refractivity contribution in [3.63, 3.8) is 0 Å². The van der Waals surface area contributed by atoms with E-state index in [0.29, 0.717) is 5.69 Å². The fourth-order valence-electron chi connectivity index (χ4n) is 4.05. The standard InChI is InChI=1S/C29H39N5O8/c1-19(2)42-28(40)33-15-13-32(14-16-33)27(39)21(11-12-25(36)37)30-26(38)22-17-24(41-18-23(35)29(3,4)5)34(31-22)20-9-7-6-8-10-20/h6-10,17,19,21H,11-16,18H2,1-5H3,(H,30,38)(H,36,37)/t21-/m0/s1. The van der Waals surface area contributed by atoms with Gasteiger partial charge in [0.05, 0.1) is 11.8 Å². The van der Waals surface area contributed by atoms with Gasteiger partial charge >= 0.3 is 12.1 Å². The minimum Gasteiger partial charge on any atom is -0.481 e. The van der Waals surface area contributed by atoms with Gasteiger partial charge in [-0.1, -0.05) is 39.0 Å². The lowest BCUT2D eigenvalue weighted by Crippen LogP contribution is -2.56. The Bertz CT molecular complexity index is 1280. The van der Waals surface area contributed by atoms with E-state index in [1.807, 2.05) is 6.07 Å². The minimum atomic E-state index is -1.14. The molecule has 1 fully saturated rings. The number of rotatable bonds is 11. The van der Waals surface area contributed by atoms with Gasteiger partial charge in [0.2, 0.25) is 11.8 Å². The molecule has 13 heteroatoms.